The molecule has 0 unspecified atom stereocenters. The van der Waals surface area contributed by atoms with Gasteiger partial charge < -0.3 is 14.6 Å². The Balaban J connectivity index is 3.08. The number of aldehydes is 1. The average Bonchev–Trinajstić information content (AvgIpc) is 1.85. The van der Waals surface area contributed by atoms with E-state index in [4.69, 9.17) is 0 Å². The van der Waals surface area contributed by atoms with Gasteiger partial charge in [-0.2, -0.15) is 0 Å². The predicted molar refractivity (Wildman–Crippen MR) is 44.9 cm³/mol. The molecular weight excluding hydrogens is 142 g/mol. The minimum Gasteiger partial charge on any atom is -0.633 e. The van der Waals surface area contributed by atoms with Crippen LogP contribution in [0, 0.1) is 5.21 Å². The lowest BCUT2D eigenvalue weighted by Gasteiger charge is -2.33. The van der Waals surface area contributed by atoms with E-state index in [0.29, 0.717) is 13.0 Å². The highest BCUT2D eigenvalue weighted by Gasteiger charge is 1.99. The van der Waals surface area contributed by atoms with E-state index in [0.717, 1.165) is 25.5 Å². The van der Waals surface area contributed by atoms with Crippen molar-refractivity contribution in [1.29, 1.82) is 0 Å². The Bertz CT molecular complexity index is 107. The molecule has 0 aliphatic heterocycles. The molecule has 0 fully saturated rings. The summed E-state index contributed by atoms with van der Waals surface area (Å²) >= 11 is 0. The third-order valence-electron chi connectivity index (χ3n) is 1.52. The van der Waals surface area contributed by atoms with Gasteiger partial charge in [-0.15, -0.1) is 0 Å². The lowest BCUT2D eigenvalue weighted by molar-refractivity contribution is -0.840. The number of quaternary nitrogens is 1. The van der Waals surface area contributed by atoms with Crippen molar-refractivity contribution in [3.05, 3.63) is 5.21 Å². The van der Waals surface area contributed by atoms with Gasteiger partial charge in [0.25, 0.3) is 0 Å². The minimum atomic E-state index is -0.221. The summed E-state index contributed by atoms with van der Waals surface area (Å²) in [7, 11) is 3.28. The molecule has 0 aromatic carbocycles. The Morgan fingerprint density at radius 3 is 2.36 bits per heavy atom. The second-order valence-corrected chi connectivity index (χ2v) is 3.31. The first-order valence-electron chi connectivity index (χ1n) is 4.04. The molecule has 0 atom stereocenters. The van der Waals surface area contributed by atoms with Gasteiger partial charge in [-0.05, 0) is 19.3 Å². The lowest BCUT2D eigenvalue weighted by Crippen LogP contribution is -2.32. The second-order valence-electron chi connectivity index (χ2n) is 3.31. The van der Waals surface area contributed by atoms with Crippen LogP contribution in [-0.2, 0) is 4.79 Å². The van der Waals surface area contributed by atoms with Gasteiger partial charge in [0.05, 0.1) is 20.6 Å². The third kappa shape index (κ3) is 9.59. The van der Waals surface area contributed by atoms with Gasteiger partial charge in [0.2, 0.25) is 0 Å². The molecule has 3 nitrogen and oxygen atoms in total. The molecule has 0 heterocycles. The van der Waals surface area contributed by atoms with Gasteiger partial charge in [0.15, 0.2) is 0 Å². The van der Waals surface area contributed by atoms with Crippen molar-refractivity contribution in [3.63, 3.8) is 0 Å². The molecule has 0 saturated heterocycles. The fourth-order valence-corrected chi connectivity index (χ4v) is 0.897. The lowest BCUT2D eigenvalue weighted by atomic mass is 10.2. The standard InChI is InChI=1S/C8H17NO2/c1-9(2,11)7-5-3-4-6-8-10/h8H,3-7H2,1-2H3. The summed E-state index contributed by atoms with van der Waals surface area (Å²) in [5.74, 6) is 0. The molecule has 0 aliphatic rings. The average molecular weight is 159 g/mol. The van der Waals surface area contributed by atoms with E-state index >= 15 is 0 Å². The number of hydroxylamine groups is 3. The largest absolute Gasteiger partial charge is 0.633 e. The normalized spacial score (nSPS) is 11.5. The van der Waals surface area contributed by atoms with Gasteiger partial charge >= 0.3 is 0 Å². The molecule has 0 aromatic rings. The van der Waals surface area contributed by atoms with Crippen molar-refractivity contribution in [2.75, 3.05) is 20.6 Å². The number of nitrogens with zero attached hydrogens (tertiary/aromatic N) is 1. The van der Waals surface area contributed by atoms with Crippen LogP contribution in [0.25, 0.3) is 0 Å². The number of hydrogen-bond acceptors (Lipinski definition) is 2. The maximum atomic E-state index is 11.0. The Morgan fingerprint density at radius 2 is 1.91 bits per heavy atom. The van der Waals surface area contributed by atoms with Crippen molar-refractivity contribution < 1.29 is 9.44 Å². The molecular formula is C8H17NO2. The molecule has 0 radical (unpaired) electrons. The van der Waals surface area contributed by atoms with Gasteiger partial charge in [0.1, 0.15) is 6.29 Å². The summed E-state index contributed by atoms with van der Waals surface area (Å²) in [5, 5.41) is 11.0. The SMILES string of the molecule is C[N+](C)([O-])CCCCCC=O. The number of rotatable bonds is 6. The predicted octanol–water partition coefficient (Wildman–Crippen LogP) is 1.32. The van der Waals surface area contributed by atoms with E-state index < -0.39 is 0 Å². The molecule has 0 saturated carbocycles. The van der Waals surface area contributed by atoms with E-state index in [2.05, 4.69) is 0 Å². The molecule has 0 aromatic heterocycles. The van der Waals surface area contributed by atoms with Crippen LogP contribution in [0.15, 0.2) is 0 Å². The summed E-state index contributed by atoms with van der Waals surface area (Å²) < 4.78 is -0.221. The van der Waals surface area contributed by atoms with Crippen molar-refractivity contribution >= 4 is 6.29 Å². The molecule has 0 N–H and O–H groups in total. The van der Waals surface area contributed by atoms with Crippen LogP contribution >= 0.6 is 0 Å². The molecule has 0 amide bonds. The quantitative estimate of drug-likeness (QED) is 0.254. The number of carbonyl (C=O) groups is 1. The van der Waals surface area contributed by atoms with Crippen molar-refractivity contribution in [3.8, 4) is 0 Å². The van der Waals surface area contributed by atoms with Crippen molar-refractivity contribution in [2.24, 2.45) is 0 Å². The molecule has 66 valence electrons. The Morgan fingerprint density at radius 1 is 1.27 bits per heavy atom. The maximum Gasteiger partial charge on any atom is 0.119 e. The molecule has 0 aliphatic carbocycles. The van der Waals surface area contributed by atoms with Crippen LogP contribution in [0.2, 0.25) is 0 Å². The zero-order valence-electron chi connectivity index (χ0n) is 7.38. The third-order valence-corrected chi connectivity index (χ3v) is 1.52. The smallest absolute Gasteiger partial charge is 0.119 e. The van der Waals surface area contributed by atoms with Crippen LogP contribution < -0.4 is 0 Å². The molecule has 3 heteroatoms. The van der Waals surface area contributed by atoms with Crippen LogP contribution in [0.3, 0.4) is 0 Å². The van der Waals surface area contributed by atoms with Crippen molar-refractivity contribution in [1.82, 2.24) is 0 Å². The highest BCUT2D eigenvalue weighted by Crippen LogP contribution is 2.02. The minimum absolute atomic E-state index is 0.221. The maximum absolute atomic E-state index is 11.0. The van der Waals surface area contributed by atoms with Gasteiger partial charge in [-0.1, -0.05) is 0 Å². The first kappa shape index (κ1) is 10.6. The van der Waals surface area contributed by atoms with Gasteiger partial charge in [-0.25, -0.2) is 0 Å². The summed E-state index contributed by atoms with van der Waals surface area (Å²) in [6.07, 6.45) is 4.39. The molecule has 11 heavy (non-hydrogen) atoms. The fraction of sp³-hybridized carbons (Fsp3) is 0.875. The van der Waals surface area contributed by atoms with E-state index in [1.807, 2.05) is 0 Å². The Hall–Kier alpha value is -0.410. The van der Waals surface area contributed by atoms with Gasteiger partial charge in [-0.3, -0.25) is 0 Å². The highest BCUT2D eigenvalue weighted by molar-refractivity contribution is 5.48. The molecule has 0 rings (SSSR count). The highest BCUT2D eigenvalue weighted by atomic mass is 16.5. The first-order chi connectivity index (χ1) is 5.06. The summed E-state index contributed by atoms with van der Waals surface area (Å²) in [4.78, 5) is 9.90. The zero-order valence-corrected chi connectivity index (χ0v) is 7.38. The summed E-state index contributed by atoms with van der Waals surface area (Å²) in [6.45, 7) is 0.652. The molecule has 0 spiro atoms. The number of unbranched alkanes of at least 4 members (excludes halogenated alkanes) is 3. The monoisotopic (exact) mass is 159 g/mol. The number of hydrogen-bond donors (Lipinski definition) is 0. The zero-order chi connectivity index (χ0) is 8.74. The van der Waals surface area contributed by atoms with Crippen LogP contribution in [0.4, 0.5) is 0 Å². The number of carbonyl (C=O) groups excluding carboxylic acids is 1. The Kier molecular flexibility index (Phi) is 5.07. The molecule has 0 bridgehead atoms. The topological polar surface area (TPSA) is 40.1 Å². The van der Waals surface area contributed by atoms with Crippen LogP contribution in [0.5, 0.6) is 0 Å². The summed E-state index contributed by atoms with van der Waals surface area (Å²) in [5.41, 5.74) is 0. The first-order valence-corrected chi connectivity index (χ1v) is 4.04. The van der Waals surface area contributed by atoms with Crippen LogP contribution in [0.1, 0.15) is 25.7 Å². The van der Waals surface area contributed by atoms with E-state index in [1.165, 1.54) is 0 Å². The second kappa shape index (κ2) is 5.27. The summed E-state index contributed by atoms with van der Waals surface area (Å²) in [6, 6.07) is 0. The Labute approximate surface area is 68.2 Å². The van der Waals surface area contributed by atoms with E-state index in [9.17, 15) is 10.0 Å². The van der Waals surface area contributed by atoms with Crippen molar-refractivity contribution in [2.45, 2.75) is 25.7 Å². The van der Waals surface area contributed by atoms with E-state index in [1.54, 1.807) is 14.1 Å². The van der Waals surface area contributed by atoms with E-state index in [-0.39, 0.29) is 4.65 Å². The fourth-order valence-electron chi connectivity index (χ4n) is 0.897. The van der Waals surface area contributed by atoms with Crippen LogP contribution in [-0.4, -0.2) is 31.6 Å². The van der Waals surface area contributed by atoms with Gasteiger partial charge in [0, 0.05) is 6.42 Å².